The van der Waals surface area contributed by atoms with E-state index < -0.39 is 37.8 Å². The topological polar surface area (TPSA) is 116 Å². The van der Waals surface area contributed by atoms with Crippen LogP contribution in [0.4, 0.5) is 18.0 Å². The Morgan fingerprint density at radius 2 is 2.00 bits per heavy atom. The highest BCUT2D eigenvalue weighted by atomic mass is 32.2. The predicted octanol–water partition coefficient (Wildman–Crippen LogP) is 3.60. The summed E-state index contributed by atoms with van der Waals surface area (Å²) < 4.78 is 69.7. The van der Waals surface area contributed by atoms with Gasteiger partial charge in [-0.3, -0.25) is 0 Å². The van der Waals surface area contributed by atoms with E-state index in [1.165, 1.54) is 12.1 Å². The Balaban J connectivity index is 0.000000516. The molecule has 1 aliphatic carbocycles. The summed E-state index contributed by atoms with van der Waals surface area (Å²) in [5, 5.41) is 16.6. The molecule has 0 bridgehead atoms. The first-order valence-corrected chi connectivity index (χ1v) is 10.4. The number of carboxylic acid groups (broad SMARTS) is 1. The Bertz CT molecular complexity index is 822. The van der Waals surface area contributed by atoms with Gasteiger partial charge in [0.25, 0.3) is 0 Å². The van der Waals surface area contributed by atoms with Crippen LogP contribution in [0.3, 0.4) is 0 Å². The van der Waals surface area contributed by atoms with E-state index >= 15 is 0 Å². The number of rotatable bonds is 6. The van der Waals surface area contributed by atoms with Crippen LogP contribution in [0.15, 0.2) is 29.2 Å². The van der Waals surface area contributed by atoms with Gasteiger partial charge in [-0.25, -0.2) is 13.2 Å². The number of hydrogen-bond donors (Lipinski definition) is 2. The number of hydrogen-bond acceptors (Lipinski definition) is 5. The standard InChI is InChI=1S/C15H19F3O3S.C3H4N2O2/c1-2-9-21-11-7-8-12(10-11)22(19,20)14-6-4-3-5-13(14)15(16,17)18;4-1-2-5-3(6)7/h3-6,11-12H,2,7-10H2,1H3;5H,2H2,(H,6,7)/t11-,12-;/m0./s1. The molecule has 29 heavy (non-hydrogen) atoms. The van der Waals surface area contributed by atoms with Crippen molar-refractivity contribution >= 4 is 15.9 Å². The number of carbonyl (C=O) groups is 1. The molecular formula is C18H23F3N2O5S. The summed E-state index contributed by atoms with van der Waals surface area (Å²) in [6, 6.07) is 5.98. The van der Waals surface area contributed by atoms with E-state index in [1.54, 1.807) is 6.07 Å². The average molecular weight is 436 g/mol. The second-order valence-electron chi connectivity index (χ2n) is 6.28. The quantitative estimate of drug-likeness (QED) is 0.658. The Hall–Kier alpha value is -2.32. The zero-order chi connectivity index (χ0) is 22.1. The van der Waals surface area contributed by atoms with Crippen molar-refractivity contribution in [2.24, 2.45) is 0 Å². The number of alkyl halides is 3. The molecule has 7 nitrogen and oxygen atoms in total. The molecule has 0 spiro atoms. The molecule has 1 aromatic carbocycles. The highest BCUT2D eigenvalue weighted by molar-refractivity contribution is 7.92. The molecule has 0 saturated heterocycles. The number of nitrogens with zero attached hydrogens (tertiary/aromatic N) is 1. The van der Waals surface area contributed by atoms with Gasteiger partial charge in [-0.1, -0.05) is 19.1 Å². The van der Waals surface area contributed by atoms with E-state index in [1.807, 2.05) is 12.2 Å². The summed E-state index contributed by atoms with van der Waals surface area (Å²) in [5.74, 6) is 0. The van der Waals surface area contributed by atoms with Crippen LogP contribution in [-0.2, 0) is 20.8 Å². The molecule has 2 N–H and O–H groups in total. The van der Waals surface area contributed by atoms with E-state index in [-0.39, 0.29) is 19.1 Å². The van der Waals surface area contributed by atoms with Gasteiger partial charge in [0.1, 0.15) is 6.54 Å². The SMILES string of the molecule is CCCO[C@H]1CC[C@H](S(=O)(=O)c2ccccc2C(F)(F)F)C1.N#CCNC(=O)O. The highest BCUT2D eigenvalue weighted by Gasteiger charge is 2.41. The molecular weight excluding hydrogens is 413 g/mol. The molecule has 1 aliphatic rings. The minimum atomic E-state index is -4.68. The van der Waals surface area contributed by atoms with Crippen molar-refractivity contribution in [3.05, 3.63) is 29.8 Å². The molecule has 0 heterocycles. The molecule has 162 valence electrons. The van der Waals surface area contributed by atoms with E-state index in [9.17, 15) is 26.4 Å². The lowest BCUT2D eigenvalue weighted by atomic mass is 10.2. The summed E-state index contributed by atoms with van der Waals surface area (Å²) in [6.07, 6.45) is -4.04. The van der Waals surface area contributed by atoms with Gasteiger partial charge in [-0.2, -0.15) is 18.4 Å². The number of nitriles is 1. The fourth-order valence-electron chi connectivity index (χ4n) is 2.86. The van der Waals surface area contributed by atoms with Gasteiger partial charge in [0.15, 0.2) is 9.84 Å². The number of amides is 1. The van der Waals surface area contributed by atoms with Crippen LogP contribution in [0.25, 0.3) is 0 Å². The van der Waals surface area contributed by atoms with Gasteiger partial charge in [0.05, 0.1) is 27.9 Å². The van der Waals surface area contributed by atoms with Crippen molar-refractivity contribution in [3.63, 3.8) is 0 Å². The van der Waals surface area contributed by atoms with Crippen LogP contribution < -0.4 is 5.32 Å². The van der Waals surface area contributed by atoms with E-state index in [2.05, 4.69) is 0 Å². The second-order valence-corrected chi connectivity index (χ2v) is 8.48. The number of halogens is 3. The Morgan fingerprint density at radius 1 is 1.34 bits per heavy atom. The van der Waals surface area contributed by atoms with Crippen molar-refractivity contribution in [2.75, 3.05) is 13.2 Å². The minimum absolute atomic E-state index is 0.144. The fourth-order valence-corrected chi connectivity index (χ4v) is 4.89. The first-order chi connectivity index (χ1) is 13.5. The second kappa shape index (κ2) is 11.0. The van der Waals surface area contributed by atoms with E-state index in [4.69, 9.17) is 15.1 Å². The van der Waals surface area contributed by atoms with E-state index in [0.29, 0.717) is 19.4 Å². The summed E-state index contributed by atoms with van der Waals surface area (Å²) in [7, 11) is -4.01. The normalized spacial score (nSPS) is 19.0. The van der Waals surface area contributed by atoms with Gasteiger partial charge in [-0.05, 0) is 37.8 Å². The van der Waals surface area contributed by atoms with Crippen molar-refractivity contribution in [1.82, 2.24) is 5.32 Å². The maximum atomic E-state index is 13.0. The lowest BCUT2D eigenvalue weighted by Crippen LogP contribution is -2.23. The van der Waals surface area contributed by atoms with Gasteiger partial charge < -0.3 is 15.2 Å². The Morgan fingerprint density at radius 3 is 2.52 bits per heavy atom. The van der Waals surface area contributed by atoms with Crippen LogP contribution in [0.1, 0.15) is 38.2 Å². The van der Waals surface area contributed by atoms with Gasteiger partial charge in [0.2, 0.25) is 0 Å². The lowest BCUT2D eigenvalue weighted by molar-refractivity contribution is -0.139. The predicted molar refractivity (Wildman–Crippen MR) is 97.9 cm³/mol. The Labute approximate surface area is 167 Å². The molecule has 11 heteroatoms. The molecule has 2 rings (SSSR count). The van der Waals surface area contributed by atoms with Crippen LogP contribution in [0.5, 0.6) is 0 Å². The maximum absolute atomic E-state index is 13.0. The highest BCUT2D eigenvalue weighted by Crippen LogP contribution is 2.38. The average Bonchev–Trinajstić information content (AvgIpc) is 3.14. The molecule has 2 atom stereocenters. The molecule has 0 unspecified atom stereocenters. The van der Waals surface area contributed by atoms with Crippen molar-refractivity contribution in [1.29, 1.82) is 5.26 Å². The number of ether oxygens (including phenoxy) is 1. The van der Waals surface area contributed by atoms with Crippen LogP contribution >= 0.6 is 0 Å². The summed E-state index contributed by atoms with van der Waals surface area (Å²) >= 11 is 0. The summed E-state index contributed by atoms with van der Waals surface area (Å²) in [4.78, 5) is 8.87. The molecule has 1 aromatic rings. The summed E-state index contributed by atoms with van der Waals surface area (Å²) in [6.45, 7) is 2.34. The molecule has 1 amide bonds. The number of nitrogens with one attached hydrogen (secondary N) is 1. The number of benzene rings is 1. The Kier molecular flexibility index (Phi) is 9.39. The first-order valence-electron chi connectivity index (χ1n) is 8.89. The van der Waals surface area contributed by atoms with Crippen molar-refractivity contribution in [2.45, 2.75) is 55.0 Å². The van der Waals surface area contributed by atoms with Crippen molar-refractivity contribution < 1.29 is 36.2 Å². The van der Waals surface area contributed by atoms with Crippen LogP contribution in [0, 0.1) is 11.3 Å². The monoisotopic (exact) mass is 436 g/mol. The molecule has 0 aliphatic heterocycles. The van der Waals surface area contributed by atoms with Gasteiger partial charge in [0, 0.05) is 6.61 Å². The smallest absolute Gasteiger partial charge is 0.417 e. The van der Waals surface area contributed by atoms with Crippen LogP contribution in [-0.4, -0.2) is 44.1 Å². The van der Waals surface area contributed by atoms with Crippen molar-refractivity contribution in [3.8, 4) is 6.07 Å². The molecule has 1 saturated carbocycles. The van der Waals surface area contributed by atoms with Gasteiger partial charge in [-0.15, -0.1) is 0 Å². The lowest BCUT2D eigenvalue weighted by Gasteiger charge is -2.17. The molecule has 0 aromatic heterocycles. The zero-order valence-electron chi connectivity index (χ0n) is 15.8. The zero-order valence-corrected chi connectivity index (χ0v) is 16.6. The molecule has 1 fully saturated rings. The maximum Gasteiger partial charge on any atom is 0.417 e. The molecule has 0 radical (unpaired) electrons. The third-order valence-electron chi connectivity index (χ3n) is 4.15. The summed E-state index contributed by atoms with van der Waals surface area (Å²) in [5.41, 5.74) is -1.09. The van der Waals surface area contributed by atoms with Gasteiger partial charge >= 0.3 is 12.3 Å². The van der Waals surface area contributed by atoms with E-state index in [0.717, 1.165) is 18.6 Å². The third kappa shape index (κ3) is 7.55. The fraction of sp³-hybridized carbons (Fsp3) is 0.556. The van der Waals surface area contributed by atoms with Crippen LogP contribution in [0.2, 0.25) is 0 Å². The first kappa shape index (κ1) is 24.7. The third-order valence-corrected chi connectivity index (χ3v) is 6.43. The largest absolute Gasteiger partial charge is 0.465 e. The minimum Gasteiger partial charge on any atom is -0.465 e. The number of sulfone groups is 1.